The van der Waals surface area contributed by atoms with Crippen LogP contribution in [-0.2, 0) is 17.8 Å². The highest BCUT2D eigenvalue weighted by molar-refractivity contribution is 14.0. The minimum atomic E-state index is -0.398. The second-order valence-electron chi connectivity index (χ2n) is 5.82. The molecular weight excluding hydrogens is 479 g/mol. The quantitative estimate of drug-likeness (QED) is 0.140. The maximum atomic E-state index is 10.7. The number of rotatable bonds is 9. The number of guanidine groups is 1. The average molecular weight is 504 g/mol. The number of thiophene rings is 1. The number of hydrogen-bond donors (Lipinski definition) is 1. The van der Waals surface area contributed by atoms with Crippen molar-refractivity contribution in [2.45, 2.75) is 19.5 Å². The van der Waals surface area contributed by atoms with Crippen LogP contribution in [0.25, 0.3) is 0 Å². The molecule has 0 radical (unpaired) electrons. The van der Waals surface area contributed by atoms with Gasteiger partial charge in [-0.25, -0.2) is 4.99 Å². The number of nitrogens with zero attached hydrogens (tertiary/aromatic N) is 3. The first-order valence-corrected chi connectivity index (χ1v) is 9.27. The maximum absolute atomic E-state index is 10.7. The Bertz CT molecular complexity index is 708. The van der Waals surface area contributed by atoms with E-state index in [-0.39, 0.29) is 29.7 Å². The molecule has 0 saturated carbocycles. The third kappa shape index (κ3) is 8.22. The molecule has 9 heteroatoms. The maximum Gasteiger partial charge on any atom is 0.269 e. The van der Waals surface area contributed by atoms with Gasteiger partial charge in [0, 0.05) is 46.0 Å². The molecule has 0 spiro atoms. The van der Waals surface area contributed by atoms with Crippen LogP contribution in [0.1, 0.15) is 17.5 Å². The van der Waals surface area contributed by atoms with Crippen molar-refractivity contribution in [3.8, 4) is 0 Å². The van der Waals surface area contributed by atoms with E-state index in [0.29, 0.717) is 13.2 Å². The lowest BCUT2D eigenvalue weighted by Gasteiger charge is -2.22. The van der Waals surface area contributed by atoms with E-state index in [4.69, 9.17) is 4.74 Å². The highest BCUT2D eigenvalue weighted by Crippen LogP contribution is 2.13. The predicted octanol–water partition coefficient (Wildman–Crippen LogP) is 3.89. The Hall–Kier alpha value is -1.72. The monoisotopic (exact) mass is 504 g/mol. The van der Waals surface area contributed by atoms with Crippen LogP contribution in [0.4, 0.5) is 5.69 Å². The summed E-state index contributed by atoms with van der Waals surface area (Å²) in [6, 6.07) is 8.59. The van der Waals surface area contributed by atoms with Crippen molar-refractivity contribution in [1.82, 2.24) is 10.2 Å². The molecule has 0 atom stereocenters. The van der Waals surface area contributed by atoms with E-state index in [2.05, 4.69) is 32.0 Å². The minimum Gasteiger partial charge on any atom is -0.385 e. The lowest BCUT2D eigenvalue weighted by atomic mass is 10.2. The fraction of sp³-hybridized carbons (Fsp3) is 0.389. The van der Waals surface area contributed by atoms with Gasteiger partial charge in [-0.1, -0.05) is 12.1 Å². The largest absolute Gasteiger partial charge is 0.385 e. The molecule has 0 fully saturated rings. The molecular formula is C18H25IN4O3S. The van der Waals surface area contributed by atoms with E-state index in [0.717, 1.165) is 31.0 Å². The molecule has 1 heterocycles. The summed E-state index contributed by atoms with van der Waals surface area (Å²) in [5.41, 5.74) is 2.25. The number of nitrogens with one attached hydrogen (secondary N) is 1. The van der Waals surface area contributed by atoms with E-state index in [1.165, 1.54) is 17.7 Å². The third-order valence-electron chi connectivity index (χ3n) is 3.73. The topological polar surface area (TPSA) is 80.0 Å². The Kier molecular flexibility index (Phi) is 10.9. The summed E-state index contributed by atoms with van der Waals surface area (Å²) in [6.07, 6.45) is 0.888. The van der Waals surface area contributed by atoms with Crippen molar-refractivity contribution in [2.75, 3.05) is 27.3 Å². The normalized spacial score (nSPS) is 11.0. The molecule has 27 heavy (non-hydrogen) atoms. The molecule has 1 aromatic carbocycles. The van der Waals surface area contributed by atoms with Gasteiger partial charge in [0.25, 0.3) is 5.69 Å². The highest BCUT2D eigenvalue weighted by Gasteiger charge is 2.08. The van der Waals surface area contributed by atoms with Gasteiger partial charge < -0.3 is 15.0 Å². The van der Waals surface area contributed by atoms with E-state index in [9.17, 15) is 10.1 Å². The zero-order valence-electron chi connectivity index (χ0n) is 15.5. The van der Waals surface area contributed by atoms with E-state index >= 15 is 0 Å². The van der Waals surface area contributed by atoms with Crippen molar-refractivity contribution < 1.29 is 9.66 Å². The molecule has 0 aliphatic heterocycles. The number of halogens is 1. The molecule has 0 saturated heterocycles. The van der Waals surface area contributed by atoms with Crippen molar-refractivity contribution in [1.29, 1.82) is 0 Å². The van der Waals surface area contributed by atoms with Crippen LogP contribution in [-0.4, -0.2) is 43.1 Å². The Morgan fingerprint density at radius 1 is 1.30 bits per heavy atom. The number of aliphatic imine (C=N–C) groups is 1. The van der Waals surface area contributed by atoms with Crippen LogP contribution in [0.5, 0.6) is 0 Å². The first kappa shape index (κ1) is 23.3. The van der Waals surface area contributed by atoms with E-state index in [1.807, 2.05) is 7.05 Å². The molecule has 1 aromatic heterocycles. The summed E-state index contributed by atoms with van der Waals surface area (Å²) in [5.74, 6) is 0.797. The van der Waals surface area contributed by atoms with Crippen molar-refractivity contribution in [3.63, 3.8) is 0 Å². The SMILES string of the molecule is COCCCNC(=NCc1ccc([N+](=O)[O-])cc1)N(C)Cc1ccsc1.I. The van der Waals surface area contributed by atoms with Gasteiger partial charge in [-0.05, 0) is 34.4 Å². The Morgan fingerprint density at radius 3 is 2.63 bits per heavy atom. The highest BCUT2D eigenvalue weighted by atomic mass is 127. The standard InChI is InChI=1S/C18H24N4O3S.HI/c1-21(13-16-8-11-26-14-16)18(19-9-3-10-25-2)20-12-15-4-6-17(7-5-15)22(23)24;/h4-8,11,14H,3,9-10,12-13H2,1-2H3,(H,19,20);1H. The Morgan fingerprint density at radius 2 is 2.04 bits per heavy atom. The lowest BCUT2D eigenvalue weighted by molar-refractivity contribution is -0.384. The van der Waals surface area contributed by atoms with Gasteiger partial charge in [-0.15, -0.1) is 24.0 Å². The molecule has 2 rings (SSSR count). The molecule has 0 unspecified atom stereocenters. The van der Waals surface area contributed by atoms with Gasteiger partial charge >= 0.3 is 0 Å². The summed E-state index contributed by atoms with van der Waals surface area (Å²) < 4.78 is 5.08. The molecule has 148 valence electrons. The molecule has 2 aromatic rings. The molecule has 0 aliphatic rings. The fourth-order valence-corrected chi connectivity index (χ4v) is 3.01. The van der Waals surface area contributed by atoms with Gasteiger partial charge in [-0.2, -0.15) is 11.3 Å². The van der Waals surface area contributed by atoms with Gasteiger partial charge in [0.05, 0.1) is 11.5 Å². The zero-order chi connectivity index (χ0) is 18.8. The summed E-state index contributed by atoms with van der Waals surface area (Å²) in [6.45, 7) is 2.68. The van der Waals surface area contributed by atoms with Gasteiger partial charge in [0.1, 0.15) is 0 Å². The second-order valence-corrected chi connectivity index (χ2v) is 6.60. The number of methoxy groups -OCH3 is 1. The number of nitro benzene ring substituents is 1. The van der Waals surface area contributed by atoms with Crippen LogP contribution in [0.2, 0.25) is 0 Å². The number of benzene rings is 1. The first-order valence-electron chi connectivity index (χ1n) is 8.33. The van der Waals surface area contributed by atoms with Crippen molar-refractivity contribution in [3.05, 3.63) is 62.3 Å². The van der Waals surface area contributed by atoms with E-state index in [1.54, 1.807) is 30.6 Å². The summed E-state index contributed by atoms with van der Waals surface area (Å²) in [7, 11) is 3.68. The van der Waals surface area contributed by atoms with Crippen LogP contribution < -0.4 is 5.32 Å². The number of non-ortho nitro benzene ring substituents is 1. The summed E-state index contributed by atoms with van der Waals surface area (Å²) in [4.78, 5) is 17.1. The van der Waals surface area contributed by atoms with Crippen LogP contribution in [0, 0.1) is 10.1 Å². The lowest BCUT2D eigenvalue weighted by Crippen LogP contribution is -2.39. The molecule has 0 bridgehead atoms. The van der Waals surface area contributed by atoms with Crippen LogP contribution in [0.15, 0.2) is 46.1 Å². The van der Waals surface area contributed by atoms with Crippen molar-refractivity contribution in [2.24, 2.45) is 4.99 Å². The Balaban J connectivity index is 0.00000364. The zero-order valence-corrected chi connectivity index (χ0v) is 18.6. The number of hydrogen-bond acceptors (Lipinski definition) is 5. The average Bonchev–Trinajstić information content (AvgIpc) is 3.14. The summed E-state index contributed by atoms with van der Waals surface area (Å²) in [5, 5.41) is 18.3. The molecule has 0 aliphatic carbocycles. The number of ether oxygens (including phenoxy) is 1. The van der Waals surface area contributed by atoms with Crippen LogP contribution in [0.3, 0.4) is 0 Å². The summed E-state index contributed by atoms with van der Waals surface area (Å²) >= 11 is 1.67. The van der Waals surface area contributed by atoms with Gasteiger partial charge in [-0.3, -0.25) is 10.1 Å². The number of nitro groups is 1. The van der Waals surface area contributed by atoms with Gasteiger partial charge in [0.2, 0.25) is 0 Å². The third-order valence-corrected chi connectivity index (χ3v) is 4.46. The van der Waals surface area contributed by atoms with Crippen LogP contribution >= 0.6 is 35.3 Å². The smallest absolute Gasteiger partial charge is 0.269 e. The minimum absolute atomic E-state index is 0. The molecule has 0 amide bonds. The fourth-order valence-electron chi connectivity index (χ4n) is 2.35. The second kappa shape index (κ2) is 12.6. The van der Waals surface area contributed by atoms with E-state index < -0.39 is 4.92 Å². The van der Waals surface area contributed by atoms with Crippen molar-refractivity contribution >= 4 is 47.0 Å². The molecule has 1 N–H and O–H groups in total. The predicted molar refractivity (Wildman–Crippen MR) is 120 cm³/mol. The van der Waals surface area contributed by atoms with Gasteiger partial charge in [0.15, 0.2) is 5.96 Å². The molecule has 7 nitrogen and oxygen atoms in total. The first-order chi connectivity index (χ1) is 12.6. The Labute approximate surface area is 180 Å².